The van der Waals surface area contributed by atoms with Gasteiger partial charge in [0.1, 0.15) is 11.4 Å². The lowest BCUT2D eigenvalue weighted by Crippen LogP contribution is -2.00. The second kappa shape index (κ2) is 4.76. The van der Waals surface area contributed by atoms with E-state index >= 15 is 0 Å². The van der Waals surface area contributed by atoms with Gasteiger partial charge in [-0.05, 0) is 17.7 Å². The number of aliphatic hydroxyl groups excluding tert-OH is 1. The summed E-state index contributed by atoms with van der Waals surface area (Å²) in [5.41, 5.74) is 1.68. The molecule has 1 N–H and O–H groups in total. The van der Waals surface area contributed by atoms with Crippen LogP contribution in [0.2, 0.25) is 0 Å². The van der Waals surface area contributed by atoms with Gasteiger partial charge in [0.25, 0.3) is 0 Å². The lowest BCUT2D eigenvalue weighted by atomic mass is 10.2. The van der Waals surface area contributed by atoms with Gasteiger partial charge in [0, 0.05) is 0 Å². The fourth-order valence-corrected chi connectivity index (χ4v) is 1.41. The van der Waals surface area contributed by atoms with Gasteiger partial charge in [-0.15, -0.1) is 5.10 Å². The SMILES string of the molecule is COc1ccc(Cn2cc(CO)nn2)cc1. The topological polar surface area (TPSA) is 60.2 Å². The van der Waals surface area contributed by atoms with Crippen molar-refractivity contribution in [1.82, 2.24) is 15.0 Å². The Morgan fingerprint density at radius 1 is 1.31 bits per heavy atom. The Kier molecular flexibility index (Phi) is 3.16. The van der Waals surface area contributed by atoms with E-state index in [9.17, 15) is 0 Å². The predicted octanol–water partition coefficient (Wildman–Crippen LogP) is 0.827. The molecule has 2 aromatic rings. The van der Waals surface area contributed by atoms with Crippen LogP contribution < -0.4 is 4.74 Å². The van der Waals surface area contributed by atoms with E-state index in [-0.39, 0.29) is 6.61 Å². The maximum Gasteiger partial charge on any atom is 0.118 e. The van der Waals surface area contributed by atoms with E-state index in [4.69, 9.17) is 9.84 Å². The first-order valence-electron chi connectivity index (χ1n) is 4.94. The zero-order chi connectivity index (χ0) is 11.4. The van der Waals surface area contributed by atoms with E-state index in [1.165, 1.54) is 0 Å². The van der Waals surface area contributed by atoms with Gasteiger partial charge >= 0.3 is 0 Å². The minimum Gasteiger partial charge on any atom is -0.497 e. The second-order valence-corrected chi connectivity index (χ2v) is 3.41. The third kappa shape index (κ3) is 2.38. The van der Waals surface area contributed by atoms with Crippen molar-refractivity contribution in [1.29, 1.82) is 0 Å². The van der Waals surface area contributed by atoms with Crippen molar-refractivity contribution in [2.24, 2.45) is 0 Å². The summed E-state index contributed by atoms with van der Waals surface area (Å²) in [6.45, 7) is 0.555. The number of nitrogens with zero attached hydrogens (tertiary/aromatic N) is 3. The molecule has 0 spiro atoms. The van der Waals surface area contributed by atoms with Crippen LogP contribution in [0.25, 0.3) is 0 Å². The van der Waals surface area contributed by atoms with Crippen LogP contribution in [0.3, 0.4) is 0 Å². The van der Waals surface area contributed by atoms with Crippen LogP contribution in [-0.4, -0.2) is 27.2 Å². The molecule has 0 radical (unpaired) electrons. The molecular weight excluding hydrogens is 206 g/mol. The van der Waals surface area contributed by atoms with Crippen LogP contribution in [0, 0.1) is 0 Å². The van der Waals surface area contributed by atoms with Gasteiger partial charge in [-0.1, -0.05) is 17.3 Å². The van der Waals surface area contributed by atoms with Gasteiger partial charge in [0.05, 0.1) is 26.5 Å². The smallest absolute Gasteiger partial charge is 0.118 e. The van der Waals surface area contributed by atoms with E-state index < -0.39 is 0 Å². The summed E-state index contributed by atoms with van der Waals surface area (Å²) < 4.78 is 6.76. The molecule has 5 heteroatoms. The molecule has 16 heavy (non-hydrogen) atoms. The molecule has 0 aliphatic heterocycles. The highest BCUT2D eigenvalue weighted by Gasteiger charge is 2.00. The summed E-state index contributed by atoms with van der Waals surface area (Å²) in [7, 11) is 1.64. The zero-order valence-electron chi connectivity index (χ0n) is 9.00. The maximum absolute atomic E-state index is 8.85. The van der Waals surface area contributed by atoms with E-state index in [0.717, 1.165) is 11.3 Å². The molecule has 1 aromatic carbocycles. The van der Waals surface area contributed by atoms with E-state index in [2.05, 4.69) is 10.3 Å². The highest BCUT2D eigenvalue weighted by molar-refractivity contribution is 5.27. The summed E-state index contributed by atoms with van der Waals surface area (Å²) >= 11 is 0. The number of ether oxygens (including phenoxy) is 1. The Morgan fingerprint density at radius 2 is 2.06 bits per heavy atom. The number of hydrogen-bond acceptors (Lipinski definition) is 4. The number of rotatable bonds is 4. The third-order valence-electron chi connectivity index (χ3n) is 2.25. The summed E-state index contributed by atoms with van der Waals surface area (Å²) in [6, 6.07) is 7.75. The Labute approximate surface area is 93.3 Å². The van der Waals surface area contributed by atoms with Crippen LogP contribution in [0.5, 0.6) is 5.75 Å². The van der Waals surface area contributed by atoms with Crippen molar-refractivity contribution < 1.29 is 9.84 Å². The molecule has 0 aliphatic carbocycles. The molecule has 84 valence electrons. The predicted molar refractivity (Wildman–Crippen MR) is 58.0 cm³/mol. The van der Waals surface area contributed by atoms with Crippen LogP contribution >= 0.6 is 0 Å². The van der Waals surface area contributed by atoms with Gasteiger partial charge in [0.15, 0.2) is 0 Å². The summed E-state index contributed by atoms with van der Waals surface area (Å²) in [5.74, 6) is 0.832. The van der Waals surface area contributed by atoms with Gasteiger partial charge in [-0.2, -0.15) is 0 Å². The minimum absolute atomic E-state index is 0.0807. The summed E-state index contributed by atoms with van der Waals surface area (Å²) in [5, 5.41) is 16.6. The van der Waals surface area contributed by atoms with Crippen molar-refractivity contribution >= 4 is 0 Å². The first kappa shape index (κ1) is 10.6. The lowest BCUT2D eigenvalue weighted by molar-refractivity contribution is 0.276. The van der Waals surface area contributed by atoms with Crippen molar-refractivity contribution in [2.75, 3.05) is 7.11 Å². The lowest BCUT2D eigenvalue weighted by Gasteiger charge is -2.02. The van der Waals surface area contributed by atoms with Gasteiger partial charge < -0.3 is 9.84 Å². The molecule has 2 rings (SSSR count). The fraction of sp³-hybridized carbons (Fsp3) is 0.273. The van der Waals surface area contributed by atoms with Gasteiger partial charge in [-0.3, -0.25) is 0 Å². The first-order valence-corrected chi connectivity index (χ1v) is 4.94. The monoisotopic (exact) mass is 219 g/mol. The molecular formula is C11H13N3O2. The Morgan fingerprint density at radius 3 is 2.62 bits per heavy atom. The molecule has 0 fully saturated rings. The van der Waals surface area contributed by atoms with Crippen LogP contribution in [0.4, 0.5) is 0 Å². The van der Waals surface area contributed by atoms with Crippen molar-refractivity contribution in [3.63, 3.8) is 0 Å². The first-order chi connectivity index (χ1) is 7.81. The molecule has 0 bridgehead atoms. The summed E-state index contributed by atoms with van der Waals surface area (Å²) in [4.78, 5) is 0. The third-order valence-corrected chi connectivity index (χ3v) is 2.25. The van der Waals surface area contributed by atoms with E-state index in [1.807, 2.05) is 24.3 Å². The molecule has 0 atom stereocenters. The van der Waals surface area contributed by atoms with E-state index in [1.54, 1.807) is 18.0 Å². The molecule has 0 amide bonds. The quantitative estimate of drug-likeness (QED) is 0.827. The van der Waals surface area contributed by atoms with Crippen LogP contribution in [0.15, 0.2) is 30.5 Å². The molecule has 0 aliphatic rings. The number of benzene rings is 1. The molecule has 0 saturated heterocycles. The van der Waals surface area contributed by atoms with Crippen molar-refractivity contribution in [3.05, 3.63) is 41.7 Å². The average Bonchev–Trinajstić information content (AvgIpc) is 2.78. The van der Waals surface area contributed by atoms with Gasteiger partial charge in [-0.25, -0.2) is 4.68 Å². The fourth-order valence-electron chi connectivity index (χ4n) is 1.41. The Hall–Kier alpha value is -1.88. The molecule has 5 nitrogen and oxygen atoms in total. The number of aromatic nitrogens is 3. The number of methoxy groups -OCH3 is 1. The minimum atomic E-state index is -0.0807. The van der Waals surface area contributed by atoms with Gasteiger partial charge in [0.2, 0.25) is 0 Å². The number of aliphatic hydroxyl groups is 1. The molecule has 0 unspecified atom stereocenters. The standard InChI is InChI=1S/C11H13N3O2/c1-16-11-4-2-9(3-5-11)6-14-7-10(8-15)12-13-14/h2-5,7,15H,6,8H2,1H3. The highest BCUT2D eigenvalue weighted by atomic mass is 16.5. The summed E-state index contributed by atoms with van der Waals surface area (Å²) in [6.07, 6.45) is 1.73. The molecule has 0 saturated carbocycles. The average molecular weight is 219 g/mol. The van der Waals surface area contributed by atoms with Crippen molar-refractivity contribution in [3.8, 4) is 5.75 Å². The normalized spacial score (nSPS) is 10.4. The zero-order valence-corrected chi connectivity index (χ0v) is 9.00. The molecule has 1 heterocycles. The van der Waals surface area contributed by atoms with Crippen LogP contribution in [0.1, 0.15) is 11.3 Å². The van der Waals surface area contributed by atoms with E-state index in [0.29, 0.717) is 12.2 Å². The largest absolute Gasteiger partial charge is 0.497 e. The second-order valence-electron chi connectivity index (χ2n) is 3.41. The Balaban J connectivity index is 2.08. The molecule has 1 aromatic heterocycles. The maximum atomic E-state index is 8.85. The van der Waals surface area contributed by atoms with Crippen molar-refractivity contribution in [2.45, 2.75) is 13.2 Å². The number of hydrogen-bond donors (Lipinski definition) is 1. The highest BCUT2D eigenvalue weighted by Crippen LogP contribution is 2.11. The van der Waals surface area contributed by atoms with Crippen LogP contribution in [-0.2, 0) is 13.2 Å². The Bertz CT molecular complexity index is 451.